The Kier molecular flexibility index (Phi) is 2.97. The zero-order chi connectivity index (χ0) is 9.35. The van der Waals surface area contributed by atoms with Gasteiger partial charge in [-0.2, -0.15) is 0 Å². The van der Waals surface area contributed by atoms with Crippen molar-refractivity contribution < 1.29 is 0 Å². The van der Waals surface area contributed by atoms with Crippen molar-refractivity contribution >= 4 is 27.3 Å². The number of rotatable bonds is 2. The first-order valence-corrected chi connectivity index (χ1v) is 5.65. The SMILES string of the molecule is CC(C)C(C)(N)c1cc(Br)cs1. The molecule has 0 fully saturated rings. The van der Waals surface area contributed by atoms with E-state index in [2.05, 4.69) is 48.1 Å². The maximum Gasteiger partial charge on any atom is 0.0498 e. The second-order valence-corrected chi connectivity index (χ2v) is 5.39. The maximum absolute atomic E-state index is 6.18. The monoisotopic (exact) mass is 247 g/mol. The lowest BCUT2D eigenvalue weighted by molar-refractivity contribution is 0.357. The fourth-order valence-corrected chi connectivity index (χ4v) is 2.53. The van der Waals surface area contributed by atoms with Gasteiger partial charge in [0.25, 0.3) is 0 Å². The quantitative estimate of drug-likeness (QED) is 0.853. The average molecular weight is 248 g/mol. The lowest BCUT2D eigenvalue weighted by Gasteiger charge is -2.27. The number of halogens is 1. The molecule has 1 atom stereocenters. The van der Waals surface area contributed by atoms with Crippen molar-refractivity contribution in [3.63, 3.8) is 0 Å². The minimum absolute atomic E-state index is 0.198. The van der Waals surface area contributed by atoms with E-state index >= 15 is 0 Å². The zero-order valence-corrected chi connectivity index (χ0v) is 10.00. The summed E-state index contributed by atoms with van der Waals surface area (Å²) in [6, 6.07) is 2.10. The lowest BCUT2D eigenvalue weighted by Crippen LogP contribution is -2.37. The van der Waals surface area contributed by atoms with E-state index in [0.717, 1.165) is 4.47 Å². The Bertz CT molecular complexity index is 265. The average Bonchev–Trinajstić information content (AvgIpc) is 2.35. The Hall–Kier alpha value is 0.140. The van der Waals surface area contributed by atoms with E-state index in [1.54, 1.807) is 11.3 Å². The van der Waals surface area contributed by atoms with Gasteiger partial charge in [-0.15, -0.1) is 11.3 Å². The molecule has 0 spiro atoms. The highest BCUT2D eigenvalue weighted by atomic mass is 79.9. The highest BCUT2D eigenvalue weighted by Gasteiger charge is 2.26. The third-order valence-electron chi connectivity index (χ3n) is 2.30. The highest BCUT2D eigenvalue weighted by molar-refractivity contribution is 9.10. The fourth-order valence-electron chi connectivity index (χ4n) is 0.880. The van der Waals surface area contributed by atoms with Crippen molar-refractivity contribution in [1.29, 1.82) is 0 Å². The maximum atomic E-state index is 6.18. The van der Waals surface area contributed by atoms with Gasteiger partial charge in [0.2, 0.25) is 0 Å². The Morgan fingerprint density at radius 3 is 2.50 bits per heavy atom. The van der Waals surface area contributed by atoms with Crippen molar-refractivity contribution in [2.75, 3.05) is 0 Å². The van der Waals surface area contributed by atoms with Crippen LogP contribution in [0.1, 0.15) is 25.6 Å². The summed E-state index contributed by atoms with van der Waals surface area (Å²) < 4.78 is 1.12. The Labute approximate surface area is 86.1 Å². The van der Waals surface area contributed by atoms with Gasteiger partial charge in [-0.3, -0.25) is 0 Å². The van der Waals surface area contributed by atoms with E-state index in [1.165, 1.54) is 4.88 Å². The van der Waals surface area contributed by atoms with Crippen molar-refractivity contribution in [2.24, 2.45) is 11.7 Å². The number of thiophene rings is 1. The van der Waals surface area contributed by atoms with Crippen LogP contribution in [0, 0.1) is 5.92 Å². The molecule has 0 radical (unpaired) electrons. The summed E-state index contributed by atoms with van der Waals surface area (Å²) in [7, 11) is 0. The molecule has 0 aliphatic heterocycles. The molecule has 1 unspecified atom stereocenters. The summed E-state index contributed by atoms with van der Waals surface area (Å²) in [5.41, 5.74) is 5.99. The van der Waals surface area contributed by atoms with Gasteiger partial charge in [-0.1, -0.05) is 13.8 Å². The molecule has 0 saturated heterocycles. The summed E-state index contributed by atoms with van der Waals surface area (Å²) in [4.78, 5) is 1.24. The predicted octanol–water partition coefficient (Wildman–Crippen LogP) is 3.34. The Morgan fingerprint density at radius 1 is 1.58 bits per heavy atom. The lowest BCUT2D eigenvalue weighted by atomic mass is 9.88. The largest absolute Gasteiger partial charge is 0.321 e. The van der Waals surface area contributed by atoms with Crippen LogP contribution >= 0.6 is 27.3 Å². The predicted molar refractivity (Wildman–Crippen MR) is 58.4 cm³/mol. The van der Waals surface area contributed by atoms with Crippen LogP contribution in [0.4, 0.5) is 0 Å². The zero-order valence-electron chi connectivity index (χ0n) is 7.60. The molecule has 3 heteroatoms. The van der Waals surface area contributed by atoms with Crippen LogP contribution in [0.15, 0.2) is 15.9 Å². The molecule has 0 saturated carbocycles. The summed E-state index contributed by atoms with van der Waals surface area (Å²) in [6.45, 7) is 6.37. The van der Waals surface area contributed by atoms with Gasteiger partial charge in [-0.25, -0.2) is 0 Å². The molecule has 1 heterocycles. The molecule has 12 heavy (non-hydrogen) atoms. The summed E-state index contributed by atoms with van der Waals surface area (Å²) in [5.74, 6) is 0.461. The van der Waals surface area contributed by atoms with Gasteiger partial charge in [0.1, 0.15) is 0 Å². The van der Waals surface area contributed by atoms with Crippen molar-refractivity contribution in [2.45, 2.75) is 26.3 Å². The summed E-state index contributed by atoms with van der Waals surface area (Å²) in [5, 5.41) is 2.07. The van der Waals surface area contributed by atoms with Crippen LogP contribution in [0.3, 0.4) is 0 Å². The Balaban J connectivity index is 2.97. The van der Waals surface area contributed by atoms with Crippen LogP contribution in [0.5, 0.6) is 0 Å². The van der Waals surface area contributed by atoms with Gasteiger partial charge in [0.15, 0.2) is 0 Å². The van der Waals surface area contributed by atoms with E-state index in [0.29, 0.717) is 5.92 Å². The molecular weight excluding hydrogens is 234 g/mol. The van der Waals surface area contributed by atoms with Gasteiger partial charge < -0.3 is 5.73 Å². The summed E-state index contributed by atoms with van der Waals surface area (Å²) >= 11 is 5.14. The van der Waals surface area contributed by atoms with Crippen LogP contribution in [0.2, 0.25) is 0 Å². The van der Waals surface area contributed by atoms with E-state index in [4.69, 9.17) is 5.73 Å². The molecule has 0 aromatic carbocycles. The first-order chi connectivity index (χ1) is 5.44. The first-order valence-electron chi connectivity index (χ1n) is 3.98. The van der Waals surface area contributed by atoms with Gasteiger partial charge in [0, 0.05) is 20.3 Å². The molecule has 1 nitrogen and oxygen atoms in total. The van der Waals surface area contributed by atoms with E-state index in [9.17, 15) is 0 Å². The van der Waals surface area contributed by atoms with Gasteiger partial charge in [0.05, 0.1) is 0 Å². The van der Waals surface area contributed by atoms with Gasteiger partial charge in [-0.05, 0) is 34.8 Å². The van der Waals surface area contributed by atoms with Crippen molar-refractivity contribution in [3.8, 4) is 0 Å². The van der Waals surface area contributed by atoms with Crippen LogP contribution in [-0.2, 0) is 5.54 Å². The Morgan fingerprint density at radius 2 is 2.17 bits per heavy atom. The second-order valence-electron chi connectivity index (χ2n) is 3.57. The van der Waals surface area contributed by atoms with Crippen molar-refractivity contribution in [3.05, 3.63) is 20.8 Å². The third kappa shape index (κ3) is 1.90. The smallest absolute Gasteiger partial charge is 0.0498 e. The van der Waals surface area contributed by atoms with Crippen molar-refractivity contribution in [1.82, 2.24) is 0 Å². The molecule has 0 bridgehead atoms. The standard InChI is InChI=1S/C9H14BrNS/c1-6(2)9(3,11)8-4-7(10)5-12-8/h4-6H,11H2,1-3H3. The number of hydrogen-bond acceptors (Lipinski definition) is 2. The summed E-state index contributed by atoms with van der Waals surface area (Å²) in [6.07, 6.45) is 0. The first kappa shape index (κ1) is 10.2. The molecular formula is C9H14BrNS. The topological polar surface area (TPSA) is 26.0 Å². The number of hydrogen-bond donors (Lipinski definition) is 1. The number of nitrogens with two attached hydrogens (primary N) is 1. The molecule has 1 aromatic rings. The van der Waals surface area contributed by atoms with E-state index < -0.39 is 0 Å². The minimum atomic E-state index is -0.198. The fraction of sp³-hybridized carbons (Fsp3) is 0.556. The minimum Gasteiger partial charge on any atom is -0.321 e. The molecule has 1 aromatic heterocycles. The van der Waals surface area contributed by atoms with Crippen LogP contribution in [0.25, 0.3) is 0 Å². The third-order valence-corrected chi connectivity index (χ3v) is 4.24. The molecule has 0 aliphatic carbocycles. The molecule has 1 rings (SSSR count). The molecule has 68 valence electrons. The van der Waals surface area contributed by atoms with Gasteiger partial charge >= 0.3 is 0 Å². The second kappa shape index (κ2) is 3.48. The van der Waals surface area contributed by atoms with E-state index in [1.807, 2.05) is 0 Å². The molecule has 0 amide bonds. The van der Waals surface area contributed by atoms with Crippen LogP contribution in [-0.4, -0.2) is 0 Å². The normalized spacial score (nSPS) is 16.5. The molecule has 2 N–H and O–H groups in total. The molecule has 0 aliphatic rings. The van der Waals surface area contributed by atoms with Crippen LogP contribution < -0.4 is 5.73 Å². The van der Waals surface area contributed by atoms with E-state index in [-0.39, 0.29) is 5.54 Å². The highest BCUT2D eigenvalue weighted by Crippen LogP contribution is 2.32.